The number of nitrogens with one attached hydrogen (secondary N) is 2. The fourth-order valence-corrected chi connectivity index (χ4v) is 4.00. The first-order chi connectivity index (χ1) is 15.9. The van der Waals surface area contributed by atoms with Crippen LogP contribution in [0, 0.1) is 17.1 Å². The number of halogens is 2. The topological polar surface area (TPSA) is 109 Å². The van der Waals surface area contributed by atoms with Crippen LogP contribution in [-0.4, -0.2) is 42.3 Å². The Hall–Kier alpha value is -3.19. The zero-order chi connectivity index (χ0) is 23.5. The first-order valence-electron chi connectivity index (χ1n) is 10.5. The number of ether oxygens (including phenoxy) is 1. The van der Waals surface area contributed by atoms with Gasteiger partial charge < -0.3 is 19.8 Å². The van der Waals surface area contributed by atoms with E-state index >= 15 is 4.39 Å². The maximum absolute atomic E-state index is 15.0. The molecule has 2 heterocycles. The molecule has 0 unspecified atom stereocenters. The van der Waals surface area contributed by atoms with Gasteiger partial charge in [0, 0.05) is 37.2 Å². The Morgan fingerprint density at radius 3 is 3.03 bits per heavy atom. The van der Waals surface area contributed by atoms with E-state index in [4.69, 9.17) is 20.8 Å². The number of amides is 1. The van der Waals surface area contributed by atoms with Gasteiger partial charge in [-0.1, -0.05) is 17.7 Å². The third-order valence-electron chi connectivity index (χ3n) is 5.57. The molecule has 1 aliphatic heterocycles. The number of hydrogen-bond donors (Lipinski definition) is 2. The van der Waals surface area contributed by atoms with Crippen molar-refractivity contribution in [2.45, 2.75) is 25.0 Å². The summed E-state index contributed by atoms with van der Waals surface area (Å²) in [7, 11) is 1.57. The van der Waals surface area contributed by atoms with Crippen LogP contribution in [0.2, 0.25) is 5.02 Å². The molecule has 0 aliphatic carbocycles. The number of fused-ring (bicyclic) bond motifs is 1. The molecule has 172 valence electrons. The summed E-state index contributed by atoms with van der Waals surface area (Å²) in [6.45, 7) is 1.58. The third-order valence-corrected chi connectivity index (χ3v) is 5.93. The number of carbonyl (C=O) groups excluding carboxylic acids is 1. The van der Waals surface area contributed by atoms with Crippen molar-refractivity contribution in [2.75, 3.05) is 19.7 Å². The van der Waals surface area contributed by atoms with Crippen molar-refractivity contribution in [2.24, 2.45) is 7.05 Å². The van der Waals surface area contributed by atoms with Gasteiger partial charge in [0.05, 0.1) is 11.6 Å². The summed E-state index contributed by atoms with van der Waals surface area (Å²) in [5.41, 5.74) is 2.08. The maximum atomic E-state index is 15.0. The lowest BCUT2D eigenvalue weighted by atomic mass is 9.99. The van der Waals surface area contributed by atoms with E-state index < -0.39 is 29.6 Å². The Morgan fingerprint density at radius 1 is 1.42 bits per heavy atom. The Balaban J connectivity index is 1.54. The monoisotopic (exact) mass is 472 g/mol. The van der Waals surface area contributed by atoms with E-state index in [0.29, 0.717) is 35.4 Å². The molecule has 2 aromatic carbocycles. The Labute approximate surface area is 193 Å². The molecule has 4 rings (SSSR count). The summed E-state index contributed by atoms with van der Waals surface area (Å²) in [6, 6.07) is 8.74. The van der Waals surface area contributed by atoms with Crippen molar-refractivity contribution in [3.05, 3.63) is 57.3 Å². The van der Waals surface area contributed by atoms with Gasteiger partial charge in [0.2, 0.25) is 0 Å². The standard InChI is InChI=1S/C23H22ClFN4O4/c1-29-19-9-13(3-4-20(19)33-23(29)31)16-10-17(24)14(8-18(16)25)7-15(11-26)28-22(30)21-12-27-5-2-6-32-21/h3-4,8-10,15,21,27H,2,5-7,12H2,1H3,(H,28,30)/t15-,21-/m0/s1. The quantitative estimate of drug-likeness (QED) is 0.590. The van der Waals surface area contributed by atoms with Crippen molar-refractivity contribution < 1.29 is 18.3 Å². The largest absolute Gasteiger partial charge is 0.419 e. The van der Waals surface area contributed by atoms with E-state index in [2.05, 4.69) is 10.6 Å². The zero-order valence-corrected chi connectivity index (χ0v) is 18.6. The number of benzene rings is 2. The SMILES string of the molecule is Cn1c(=O)oc2ccc(-c3cc(Cl)c(C[C@@H](C#N)NC(=O)[C@@H]4CNCCCO4)cc3F)cc21. The first-order valence-corrected chi connectivity index (χ1v) is 10.9. The normalized spacial score (nSPS) is 17.3. The van der Waals surface area contributed by atoms with Crippen LogP contribution in [0.3, 0.4) is 0 Å². The van der Waals surface area contributed by atoms with E-state index in [0.717, 1.165) is 13.0 Å². The molecule has 0 saturated carbocycles. The molecule has 1 amide bonds. The minimum Gasteiger partial charge on any atom is -0.408 e. The van der Waals surface area contributed by atoms with Crippen LogP contribution in [0.5, 0.6) is 0 Å². The summed E-state index contributed by atoms with van der Waals surface area (Å²) < 4.78 is 27.0. The maximum Gasteiger partial charge on any atom is 0.419 e. The second kappa shape index (κ2) is 9.75. The van der Waals surface area contributed by atoms with Crippen molar-refractivity contribution in [1.82, 2.24) is 15.2 Å². The molecule has 0 radical (unpaired) electrons. The van der Waals surface area contributed by atoms with Crippen molar-refractivity contribution in [3.8, 4) is 17.2 Å². The first kappa shape index (κ1) is 23.0. The van der Waals surface area contributed by atoms with Gasteiger partial charge in [-0.15, -0.1) is 0 Å². The third kappa shape index (κ3) is 4.93. The van der Waals surface area contributed by atoms with Crippen molar-refractivity contribution >= 4 is 28.6 Å². The molecule has 10 heteroatoms. The van der Waals surface area contributed by atoms with Gasteiger partial charge >= 0.3 is 5.76 Å². The van der Waals surface area contributed by atoms with E-state index in [1.54, 1.807) is 25.2 Å². The van der Waals surface area contributed by atoms with Gasteiger partial charge in [0.1, 0.15) is 18.0 Å². The number of carbonyl (C=O) groups is 1. The molecule has 8 nitrogen and oxygen atoms in total. The predicted molar refractivity (Wildman–Crippen MR) is 120 cm³/mol. The molecular formula is C23H22ClFN4O4. The Morgan fingerprint density at radius 2 is 2.24 bits per heavy atom. The fraction of sp³-hybridized carbons (Fsp3) is 0.348. The number of nitriles is 1. The highest BCUT2D eigenvalue weighted by Crippen LogP contribution is 2.31. The van der Waals surface area contributed by atoms with E-state index in [1.165, 1.54) is 16.7 Å². The zero-order valence-electron chi connectivity index (χ0n) is 17.9. The molecule has 0 bridgehead atoms. The fourth-order valence-electron chi connectivity index (χ4n) is 3.76. The van der Waals surface area contributed by atoms with Crippen LogP contribution in [-0.2, 0) is 23.0 Å². The van der Waals surface area contributed by atoms with Gasteiger partial charge in [-0.25, -0.2) is 9.18 Å². The lowest BCUT2D eigenvalue weighted by Gasteiger charge is -2.18. The van der Waals surface area contributed by atoms with E-state index in [1.807, 2.05) is 6.07 Å². The minimum atomic E-state index is -0.899. The van der Waals surface area contributed by atoms with Gasteiger partial charge in [0.25, 0.3) is 5.91 Å². The number of aromatic nitrogens is 1. The highest BCUT2D eigenvalue weighted by molar-refractivity contribution is 6.31. The molecular weight excluding hydrogens is 451 g/mol. The average Bonchev–Trinajstić information content (AvgIpc) is 2.98. The van der Waals surface area contributed by atoms with Gasteiger partial charge in [-0.3, -0.25) is 9.36 Å². The number of rotatable bonds is 5. The number of oxazole rings is 1. The van der Waals surface area contributed by atoms with Gasteiger partial charge in [0.15, 0.2) is 5.58 Å². The van der Waals surface area contributed by atoms with Gasteiger partial charge in [-0.2, -0.15) is 5.26 Å². The van der Waals surface area contributed by atoms with Crippen LogP contribution in [0.15, 0.2) is 39.5 Å². The molecule has 3 aromatic rings. The van der Waals surface area contributed by atoms with Crippen LogP contribution in [0.25, 0.3) is 22.2 Å². The molecule has 1 aliphatic rings. The molecule has 1 saturated heterocycles. The summed E-state index contributed by atoms with van der Waals surface area (Å²) >= 11 is 6.42. The number of hydrogen-bond acceptors (Lipinski definition) is 6. The smallest absolute Gasteiger partial charge is 0.408 e. The lowest BCUT2D eigenvalue weighted by molar-refractivity contribution is -0.132. The Kier molecular flexibility index (Phi) is 6.79. The molecule has 2 N–H and O–H groups in total. The minimum absolute atomic E-state index is 0.0354. The van der Waals surface area contributed by atoms with Crippen LogP contribution < -0.4 is 16.4 Å². The van der Waals surface area contributed by atoms with Crippen LogP contribution >= 0.6 is 11.6 Å². The molecule has 0 spiro atoms. The summed E-state index contributed by atoms with van der Waals surface area (Å²) in [5.74, 6) is -1.45. The summed E-state index contributed by atoms with van der Waals surface area (Å²) in [4.78, 5) is 24.2. The van der Waals surface area contributed by atoms with E-state index in [-0.39, 0.29) is 17.0 Å². The lowest BCUT2D eigenvalue weighted by Crippen LogP contribution is -2.46. The van der Waals surface area contributed by atoms with Crippen LogP contribution in [0.1, 0.15) is 12.0 Å². The summed E-state index contributed by atoms with van der Waals surface area (Å²) in [6.07, 6.45) is 0.149. The van der Waals surface area contributed by atoms with Crippen molar-refractivity contribution in [3.63, 3.8) is 0 Å². The molecule has 33 heavy (non-hydrogen) atoms. The van der Waals surface area contributed by atoms with Gasteiger partial charge in [-0.05, 0) is 48.4 Å². The van der Waals surface area contributed by atoms with Crippen LogP contribution in [0.4, 0.5) is 4.39 Å². The number of aryl methyl sites for hydroxylation is 1. The second-order valence-corrected chi connectivity index (χ2v) is 8.25. The van der Waals surface area contributed by atoms with Crippen molar-refractivity contribution in [1.29, 1.82) is 5.26 Å². The highest BCUT2D eigenvalue weighted by Gasteiger charge is 2.24. The molecule has 1 aromatic heterocycles. The summed E-state index contributed by atoms with van der Waals surface area (Å²) in [5, 5.41) is 15.5. The molecule has 1 fully saturated rings. The molecule has 2 atom stereocenters. The average molecular weight is 473 g/mol. The Bertz CT molecular complexity index is 1290. The second-order valence-electron chi connectivity index (χ2n) is 7.84. The predicted octanol–water partition coefficient (Wildman–Crippen LogP) is 2.52. The number of nitrogens with zero attached hydrogens (tertiary/aromatic N) is 2. The van der Waals surface area contributed by atoms with E-state index in [9.17, 15) is 14.9 Å². The highest BCUT2D eigenvalue weighted by atomic mass is 35.5.